The molecule has 2 rings (SSSR count). The second kappa shape index (κ2) is 8.01. The van der Waals surface area contributed by atoms with Crippen LogP contribution in [0.2, 0.25) is 0 Å². The van der Waals surface area contributed by atoms with Gasteiger partial charge >= 0.3 is 5.97 Å². The molecule has 7 heteroatoms. The van der Waals surface area contributed by atoms with Gasteiger partial charge in [-0.3, -0.25) is 9.69 Å². The lowest BCUT2D eigenvalue weighted by atomic mass is 9.95. The number of nitrogens with zero attached hydrogens (tertiary/aromatic N) is 1. The summed E-state index contributed by atoms with van der Waals surface area (Å²) < 4.78 is 31.3. The molecule has 0 atom stereocenters. The minimum atomic E-state index is -0.702. The summed E-state index contributed by atoms with van der Waals surface area (Å²) in [6.07, 6.45) is 0.995. The monoisotopic (exact) mass is 338 g/mol. The highest BCUT2D eigenvalue weighted by Crippen LogP contribution is 2.28. The summed E-state index contributed by atoms with van der Waals surface area (Å²) >= 11 is 0. The number of hydrogen-bond donors (Lipinski definition) is 1. The lowest BCUT2D eigenvalue weighted by Gasteiger charge is -2.29. The van der Waals surface area contributed by atoms with Crippen LogP contribution in [0.5, 0.6) is 0 Å². The third-order valence-corrected chi connectivity index (χ3v) is 4.15. The molecule has 0 unspecified atom stereocenters. The zero-order valence-corrected chi connectivity index (χ0v) is 13.5. The van der Waals surface area contributed by atoms with E-state index in [1.807, 2.05) is 0 Å². The fraction of sp³-hybridized carbons (Fsp3) is 0.412. The minimum absolute atomic E-state index is 0.0421. The van der Waals surface area contributed by atoms with E-state index in [4.69, 9.17) is 0 Å². The van der Waals surface area contributed by atoms with Gasteiger partial charge in [0.15, 0.2) is 0 Å². The van der Waals surface area contributed by atoms with Crippen LogP contribution in [-0.4, -0.2) is 43.8 Å². The van der Waals surface area contributed by atoms with Crippen LogP contribution < -0.4 is 5.32 Å². The normalized spacial score (nSPS) is 15.8. The lowest BCUT2D eigenvalue weighted by molar-refractivity contribution is -0.133. The first-order valence-electron chi connectivity index (χ1n) is 7.63. The number of benzene rings is 1. The van der Waals surface area contributed by atoms with Gasteiger partial charge in [0.05, 0.1) is 18.4 Å². The van der Waals surface area contributed by atoms with Crippen molar-refractivity contribution >= 4 is 23.1 Å². The molecule has 1 saturated heterocycles. The van der Waals surface area contributed by atoms with Gasteiger partial charge < -0.3 is 10.1 Å². The van der Waals surface area contributed by atoms with E-state index < -0.39 is 18.6 Å². The highest BCUT2D eigenvalue weighted by Gasteiger charge is 2.26. The van der Waals surface area contributed by atoms with Crippen molar-refractivity contribution in [1.29, 1.82) is 0 Å². The van der Waals surface area contributed by atoms with Gasteiger partial charge in [-0.15, -0.1) is 0 Å². The number of para-hydroxylation sites is 1. The first-order valence-corrected chi connectivity index (χ1v) is 7.63. The van der Waals surface area contributed by atoms with Crippen LogP contribution in [0, 0.1) is 11.7 Å². The molecule has 24 heavy (non-hydrogen) atoms. The molecule has 1 aliphatic heterocycles. The van der Waals surface area contributed by atoms with E-state index in [2.05, 4.69) is 16.6 Å². The maximum absolute atomic E-state index is 14.2. The Balaban J connectivity index is 2.16. The van der Waals surface area contributed by atoms with Crippen molar-refractivity contribution in [2.45, 2.75) is 12.8 Å². The number of methoxy groups -OCH3 is 1. The SMILES string of the molecule is C=C(C(=O)OC)c1cccc(F)c1NC(=O)C1CCN(CF)CC1. The zero-order chi connectivity index (χ0) is 17.7. The molecule has 0 saturated carbocycles. The highest BCUT2D eigenvalue weighted by molar-refractivity contribution is 6.18. The van der Waals surface area contributed by atoms with Gasteiger partial charge in [-0.25, -0.2) is 13.6 Å². The van der Waals surface area contributed by atoms with E-state index in [0.717, 1.165) is 0 Å². The van der Waals surface area contributed by atoms with Crippen molar-refractivity contribution in [2.75, 3.05) is 32.3 Å². The van der Waals surface area contributed by atoms with Gasteiger partial charge in [-0.05, 0) is 18.9 Å². The third-order valence-electron chi connectivity index (χ3n) is 4.15. The summed E-state index contributed by atoms with van der Waals surface area (Å²) in [5.41, 5.74) is 0.0433. The smallest absolute Gasteiger partial charge is 0.337 e. The van der Waals surface area contributed by atoms with Crippen LogP contribution in [0.1, 0.15) is 18.4 Å². The maximum atomic E-state index is 14.2. The number of piperidine rings is 1. The number of carbonyl (C=O) groups is 2. The molecule has 130 valence electrons. The molecule has 0 radical (unpaired) electrons. The number of anilines is 1. The highest BCUT2D eigenvalue weighted by atomic mass is 19.1. The summed E-state index contributed by atoms with van der Waals surface area (Å²) in [6, 6.07) is 4.10. The van der Waals surface area contributed by atoms with Crippen LogP contribution in [0.15, 0.2) is 24.8 Å². The number of esters is 1. The van der Waals surface area contributed by atoms with E-state index in [1.54, 1.807) is 4.90 Å². The molecule has 1 fully saturated rings. The summed E-state index contributed by atoms with van der Waals surface area (Å²) in [6.45, 7) is 4.02. The van der Waals surface area contributed by atoms with E-state index in [-0.39, 0.29) is 28.6 Å². The average molecular weight is 338 g/mol. The number of rotatable bonds is 5. The van der Waals surface area contributed by atoms with E-state index in [9.17, 15) is 18.4 Å². The first-order chi connectivity index (χ1) is 11.5. The van der Waals surface area contributed by atoms with Crippen molar-refractivity contribution in [3.05, 3.63) is 36.2 Å². The third kappa shape index (κ3) is 3.97. The molecule has 1 amide bonds. The van der Waals surface area contributed by atoms with Crippen LogP contribution in [-0.2, 0) is 14.3 Å². The number of nitrogens with one attached hydrogen (secondary N) is 1. The molecule has 1 aromatic carbocycles. The van der Waals surface area contributed by atoms with Gasteiger partial charge in [0.25, 0.3) is 0 Å². The number of ether oxygens (including phenoxy) is 1. The molecule has 0 spiro atoms. The van der Waals surface area contributed by atoms with Gasteiger partial charge in [-0.1, -0.05) is 18.7 Å². The van der Waals surface area contributed by atoms with Crippen LogP contribution in [0.3, 0.4) is 0 Å². The van der Waals surface area contributed by atoms with Gasteiger partial charge in [0, 0.05) is 24.6 Å². The largest absolute Gasteiger partial charge is 0.465 e. The number of alkyl halides is 1. The topological polar surface area (TPSA) is 58.6 Å². The van der Waals surface area contributed by atoms with Crippen molar-refractivity contribution < 1.29 is 23.1 Å². The summed E-state index contributed by atoms with van der Waals surface area (Å²) in [7, 11) is 1.20. The molecule has 0 aliphatic carbocycles. The fourth-order valence-electron chi connectivity index (χ4n) is 2.68. The first kappa shape index (κ1) is 18.1. The quantitative estimate of drug-likeness (QED) is 0.509. The van der Waals surface area contributed by atoms with Crippen molar-refractivity contribution in [2.24, 2.45) is 5.92 Å². The number of amides is 1. The molecule has 0 bridgehead atoms. The van der Waals surface area contributed by atoms with E-state index in [1.165, 1.54) is 25.3 Å². The van der Waals surface area contributed by atoms with Crippen molar-refractivity contribution in [3.63, 3.8) is 0 Å². The summed E-state index contributed by atoms with van der Waals surface area (Å²) in [4.78, 5) is 25.6. The Bertz CT molecular complexity index is 641. The second-order valence-corrected chi connectivity index (χ2v) is 5.63. The minimum Gasteiger partial charge on any atom is -0.465 e. The maximum Gasteiger partial charge on any atom is 0.337 e. The standard InChI is InChI=1S/C17H20F2N2O3/c1-11(17(23)24-2)13-4-3-5-14(19)15(13)20-16(22)12-6-8-21(10-18)9-7-12/h3-5,12H,1,6-10H2,2H3,(H,20,22). The Hall–Kier alpha value is -2.28. The predicted molar refractivity (Wildman–Crippen MR) is 86.4 cm³/mol. The van der Waals surface area contributed by atoms with Crippen LogP contribution in [0.25, 0.3) is 5.57 Å². The molecular formula is C17H20F2N2O3. The Morgan fingerprint density at radius 1 is 1.38 bits per heavy atom. The zero-order valence-electron chi connectivity index (χ0n) is 13.5. The Morgan fingerprint density at radius 2 is 2.04 bits per heavy atom. The summed E-state index contributed by atoms with van der Waals surface area (Å²) in [5, 5.41) is 2.55. The van der Waals surface area contributed by atoms with Gasteiger partial charge in [0.2, 0.25) is 5.91 Å². The Morgan fingerprint density at radius 3 is 2.62 bits per heavy atom. The molecule has 5 nitrogen and oxygen atoms in total. The van der Waals surface area contributed by atoms with Crippen LogP contribution >= 0.6 is 0 Å². The fourth-order valence-corrected chi connectivity index (χ4v) is 2.68. The molecule has 0 aromatic heterocycles. The molecule has 1 aliphatic rings. The van der Waals surface area contributed by atoms with Crippen LogP contribution in [0.4, 0.5) is 14.5 Å². The predicted octanol–water partition coefficient (Wildman–Crippen LogP) is 2.59. The number of carbonyl (C=O) groups excluding carboxylic acids is 2. The Kier molecular flexibility index (Phi) is 6.03. The molecule has 1 N–H and O–H groups in total. The van der Waals surface area contributed by atoms with E-state index >= 15 is 0 Å². The molecular weight excluding hydrogens is 318 g/mol. The van der Waals surface area contributed by atoms with Crippen molar-refractivity contribution in [3.8, 4) is 0 Å². The Labute approximate surface area is 139 Å². The number of likely N-dealkylation sites (tertiary alicyclic amines) is 1. The van der Waals surface area contributed by atoms with Gasteiger partial charge in [-0.2, -0.15) is 0 Å². The molecule has 1 heterocycles. The second-order valence-electron chi connectivity index (χ2n) is 5.63. The van der Waals surface area contributed by atoms with E-state index in [0.29, 0.717) is 25.9 Å². The summed E-state index contributed by atoms with van der Waals surface area (Å²) in [5.74, 6) is -2.04. The van der Waals surface area contributed by atoms with Gasteiger partial charge in [0.1, 0.15) is 12.6 Å². The lowest BCUT2D eigenvalue weighted by Crippen LogP contribution is -2.37. The molecule has 1 aromatic rings. The van der Waals surface area contributed by atoms with Crippen molar-refractivity contribution in [1.82, 2.24) is 4.90 Å². The average Bonchev–Trinajstić information content (AvgIpc) is 2.62. The number of halogens is 2. The number of hydrogen-bond acceptors (Lipinski definition) is 4.